The molecule has 0 bridgehead atoms. The van der Waals surface area contributed by atoms with E-state index in [0.29, 0.717) is 22.3 Å². The van der Waals surface area contributed by atoms with Crippen LogP contribution >= 0.6 is 22.9 Å². The molecule has 1 aliphatic carbocycles. The fraction of sp³-hybridized carbons (Fsp3) is 0.333. The van der Waals surface area contributed by atoms with E-state index in [1.165, 1.54) is 28.2 Å². The number of halogens is 1. The molecule has 1 aromatic carbocycles. The fourth-order valence-electron chi connectivity index (χ4n) is 3.24. The third kappa shape index (κ3) is 3.17. The molecular formula is C18H17ClN2O3S. The van der Waals surface area contributed by atoms with Crippen molar-refractivity contribution in [1.29, 1.82) is 0 Å². The van der Waals surface area contributed by atoms with Crippen molar-refractivity contribution in [3.8, 4) is 0 Å². The van der Waals surface area contributed by atoms with E-state index in [0.717, 1.165) is 23.9 Å². The zero-order valence-corrected chi connectivity index (χ0v) is 15.1. The van der Waals surface area contributed by atoms with Gasteiger partial charge < -0.3 is 14.4 Å². The number of imidazole rings is 1. The second kappa shape index (κ2) is 6.78. The van der Waals surface area contributed by atoms with Crippen molar-refractivity contribution in [1.82, 2.24) is 9.55 Å². The van der Waals surface area contributed by atoms with Gasteiger partial charge in [0, 0.05) is 16.4 Å². The second-order valence-corrected chi connectivity index (χ2v) is 7.60. The number of thiophene rings is 1. The van der Waals surface area contributed by atoms with Crippen LogP contribution < -0.4 is 0 Å². The fourth-order valence-corrected chi connectivity index (χ4v) is 4.55. The van der Waals surface area contributed by atoms with Crippen LogP contribution in [0.25, 0.3) is 11.0 Å². The van der Waals surface area contributed by atoms with Crippen LogP contribution in [0.3, 0.4) is 0 Å². The molecule has 0 radical (unpaired) electrons. The largest absolute Gasteiger partial charge is 0.453 e. The lowest BCUT2D eigenvalue weighted by molar-refractivity contribution is 0.0463. The summed E-state index contributed by atoms with van der Waals surface area (Å²) in [6.45, 7) is 0.404. The Hall–Kier alpha value is -1.89. The van der Waals surface area contributed by atoms with E-state index in [1.807, 2.05) is 16.7 Å². The normalized spacial score (nSPS) is 13.4. The van der Waals surface area contributed by atoms with Gasteiger partial charge in [-0.1, -0.05) is 11.6 Å². The number of aliphatic hydroxyl groups excluding tert-OH is 1. The van der Waals surface area contributed by atoms with E-state index in [4.69, 9.17) is 16.3 Å². The van der Waals surface area contributed by atoms with E-state index in [9.17, 15) is 9.90 Å². The van der Waals surface area contributed by atoms with E-state index in [-0.39, 0.29) is 19.2 Å². The molecule has 0 amide bonds. The third-order valence-corrected chi connectivity index (χ3v) is 5.85. The van der Waals surface area contributed by atoms with E-state index in [2.05, 4.69) is 4.98 Å². The number of aromatic nitrogens is 2. The lowest BCUT2D eigenvalue weighted by Gasteiger charge is -2.08. The molecule has 1 aliphatic rings. The van der Waals surface area contributed by atoms with E-state index < -0.39 is 0 Å². The lowest BCUT2D eigenvalue weighted by atomic mass is 10.2. The molecule has 0 saturated heterocycles. The van der Waals surface area contributed by atoms with Crippen LogP contribution in [0.2, 0.25) is 5.02 Å². The number of hydrogen-bond donors (Lipinski definition) is 1. The molecule has 7 heteroatoms. The molecule has 2 heterocycles. The summed E-state index contributed by atoms with van der Waals surface area (Å²) in [7, 11) is 0. The summed E-state index contributed by atoms with van der Waals surface area (Å²) in [6, 6.07) is 7.34. The monoisotopic (exact) mass is 376 g/mol. The average molecular weight is 377 g/mol. The molecule has 3 aromatic rings. The van der Waals surface area contributed by atoms with Crippen molar-refractivity contribution in [3.63, 3.8) is 0 Å². The Bertz CT molecular complexity index is 926. The number of hydrogen-bond acceptors (Lipinski definition) is 5. The summed E-state index contributed by atoms with van der Waals surface area (Å²) in [6.07, 6.45) is 3.27. The van der Waals surface area contributed by atoms with Gasteiger partial charge in [-0.15, -0.1) is 11.3 Å². The van der Waals surface area contributed by atoms with Gasteiger partial charge in [0.15, 0.2) is 0 Å². The maximum Gasteiger partial charge on any atom is 0.348 e. The Kier molecular flexibility index (Phi) is 4.50. The summed E-state index contributed by atoms with van der Waals surface area (Å²) in [5.74, 6) is 0.281. The first-order valence-electron chi connectivity index (χ1n) is 8.20. The van der Waals surface area contributed by atoms with Crippen LogP contribution in [-0.2, 0) is 30.7 Å². The van der Waals surface area contributed by atoms with Crippen molar-refractivity contribution in [2.75, 3.05) is 6.61 Å². The maximum atomic E-state index is 12.3. The van der Waals surface area contributed by atoms with Gasteiger partial charge in [-0.25, -0.2) is 9.78 Å². The Morgan fingerprint density at radius 3 is 3.04 bits per heavy atom. The van der Waals surface area contributed by atoms with Gasteiger partial charge in [-0.05, 0) is 49.1 Å². The predicted octanol–water partition coefficient (Wildman–Crippen LogP) is 3.59. The van der Waals surface area contributed by atoms with Gasteiger partial charge in [-0.2, -0.15) is 0 Å². The molecule has 0 fully saturated rings. The van der Waals surface area contributed by atoms with Gasteiger partial charge in [0.2, 0.25) is 0 Å². The van der Waals surface area contributed by atoms with Crippen LogP contribution in [0.1, 0.15) is 32.4 Å². The van der Waals surface area contributed by atoms with Gasteiger partial charge in [0.05, 0.1) is 17.6 Å². The highest BCUT2D eigenvalue weighted by Crippen LogP contribution is 2.31. The number of esters is 1. The molecule has 0 atom stereocenters. The number of ether oxygens (including phenoxy) is 1. The highest BCUT2D eigenvalue weighted by molar-refractivity contribution is 7.14. The van der Waals surface area contributed by atoms with Gasteiger partial charge in [0.25, 0.3) is 0 Å². The summed E-state index contributed by atoms with van der Waals surface area (Å²) < 4.78 is 7.31. The molecule has 0 saturated carbocycles. The minimum atomic E-state index is -0.319. The number of rotatable bonds is 5. The zero-order chi connectivity index (χ0) is 17.4. The number of benzene rings is 1. The first-order valence-corrected chi connectivity index (χ1v) is 9.39. The maximum absolute atomic E-state index is 12.3. The van der Waals surface area contributed by atoms with Crippen molar-refractivity contribution in [3.05, 3.63) is 50.4 Å². The van der Waals surface area contributed by atoms with E-state index >= 15 is 0 Å². The van der Waals surface area contributed by atoms with Crippen LogP contribution in [0.15, 0.2) is 24.3 Å². The molecule has 0 spiro atoms. The van der Waals surface area contributed by atoms with Crippen molar-refractivity contribution >= 4 is 39.9 Å². The standard InChI is InChI=1S/C18H17ClN2O3S/c19-12-4-5-13-14(9-12)21(6-7-22)17(20-13)10-24-18(23)16-8-11-2-1-3-15(11)25-16/h4-5,8-9,22H,1-3,6-7,10H2. The topological polar surface area (TPSA) is 64.3 Å². The molecular weight excluding hydrogens is 360 g/mol. The first kappa shape index (κ1) is 16.6. The number of aryl methyl sites for hydroxylation is 2. The lowest BCUT2D eigenvalue weighted by Crippen LogP contribution is -2.11. The van der Waals surface area contributed by atoms with Crippen LogP contribution in [0.4, 0.5) is 0 Å². The first-order chi connectivity index (χ1) is 12.2. The number of nitrogens with zero attached hydrogens (tertiary/aromatic N) is 2. The SMILES string of the molecule is O=C(OCc1nc2ccc(Cl)cc2n1CCO)c1cc2c(s1)CCC2. The quantitative estimate of drug-likeness (QED) is 0.691. The Morgan fingerprint density at radius 2 is 2.24 bits per heavy atom. The van der Waals surface area contributed by atoms with E-state index in [1.54, 1.807) is 12.1 Å². The van der Waals surface area contributed by atoms with Crippen LogP contribution in [0, 0.1) is 0 Å². The van der Waals surface area contributed by atoms with Crippen LogP contribution in [0.5, 0.6) is 0 Å². The third-order valence-electron chi connectivity index (χ3n) is 4.39. The molecule has 4 rings (SSSR count). The molecule has 130 valence electrons. The second-order valence-electron chi connectivity index (χ2n) is 6.03. The van der Waals surface area contributed by atoms with Crippen molar-refractivity contribution in [2.24, 2.45) is 0 Å². The van der Waals surface area contributed by atoms with Crippen LogP contribution in [-0.4, -0.2) is 27.2 Å². The summed E-state index contributed by atoms with van der Waals surface area (Å²) in [5.41, 5.74) is 2.86. The van der Waals surface area contributed by atoms with Gasteiger partial charge in [0.1, 0.15) is 17.3 Å². The predicted molar refractivity (Wildman–Crippen MR) is 97.3 cm³/mol. The number of aliphatic hydroxyl groups is 1. The molecule has 0 unspecified atom stereocenters. The molecule has 2 aromatic heterocycles. The Balaban J connectivity index is 1.55. The average Bonchev–Trinajstić information content (AvgIpc) is 3.27. The molecule has 1 N–H and O–H groups in total. The molecule has 25 heavy (non-hydrogen) atoms. The van der Waals surface area contributed by atoms with Crippen molar-refractivity contribution in [2.45, 2.75) is 32.4 Å². The smallest absolute Gasteiger partial charge is 0.348 e. The van der Waals surface area contributed by atoms with Gasteiger partial charge >= 0.3 is 5.97 Å². The highest BCUT2D eigenvalue weighted by Gasteiger charge is 2.20. The zero-order valence-electron chi connectivity index (χ0n) is 13.5. The molecule has 5 nitrogen and oxygen atoms in total. The number of carbonyl (C=O) groups is 1. The highest BCUT2D eigenvalue weighted by atomic mass is 35.5. The van der Waals surface area contributed by atoms with Crippen molar-refractivity contribution < 1.29 is 14.6 Å². The minimum absolute atomic E-state index is 0.0312. The Labute approximate surface area is 153 Å². The van der Waals surface area contributed by atoms with Gasteiger partial charge in [-0.3, -0.25) is 0 Å². The summed E-state index contributed by atoms with van der Waals surface area (Å²) >= 11 is 7.58. The molecule has 0 aliphatic heterocycles. The Morgan fingerprint density at radius 1 is 1.36 bits per heavy atom. The minimum Gasteiger partial charge on any atom is -0.453 e. The summed E-state index contributed by atoms with van der Waals surface area (Å²) in [4.78, 5) is 18.8. The number of fused-ring (bicyclic) bond motifs is 2. The number of carbonyl (C=O) groups excluding carboxylic acids is 1. The summed E-state index contributed by atoms with van der Waals surface area (Å²) in [5, 5.41) is 9.93.